The van der Waals surface area contributed by atoms with Gasteiger partial charge in [-0.3, -0.25) is 9.69 Å². The highest BCUT2D eigenvalue weighted by atomic mass is 16.5. The van der Waals surface area contributed by atoms with E-state index >= 15 is 0 Å². The highest BCUT2D eigenvalue weighted by Gasteiger charge is 2.34. The van der Waals surface area contributed by atoms with E-state index in [1.165, 1.54) is 11.1 Å². The van der Waals surface area contributed by atoms with Crippen molar-refractivity contribution in [1.82, 2.24) is 4.90 Å². The maximum absolute atomic E-state index is 13.1. The van der Waals surface area contributed by atoms with Gasteiger partial charge in [0.1, 0.15) is 18.2 Å². The van der Waals surface area contributed by atoms with Crippen molar-refractivity contribution in [2.24, 2.45) is 0 Å². The van der Waals surface area contributed by atoms with Crippen molar-refractivity contribution in [3.05, 3.63) is 88.2 Å². The van der Waals surface area contributed by atoms with Gasteiger partial charge in [0.2, 0.25) is 5.78 Å². The average Bonchev–Trinajstić information content (AvgIpc) is 3.16. The molecule has 0 saturated heterocycles. The number of fused-ring (bicyclic) bond motifs is 3. The normalized spacial score (nSPS) is 16.1. The van der Waals surface area contributed by atoms with E-state index in [0.717, 1.165) is 17.9 Å². The number of hydrogen-bond acceptors (Lipinski definition) is 6. The summed E-state index contributed by atoms with van der Waals surface area (Å²) in [6.45, 7) is 3.95. The van der Waals surface area contributed by atoms with E-state index in [0.29, 0.717) is 41.7 Å². The fraction of sp³-hybridized carbons (Fsp3) is 0.222. The molecule has 0 radical (unpaired) electrons. The maximum atomic E-state index is 13.1. The minimum absolute atomic E-state index is 0.159. The molecule has 0 atom stereocenters. The second-order valence-electron chi connectivity index (χ2n) is 8.19. The monoisotopic (exact) mass is 443 g/mol. The lowest BCUT2D eigenvalue weighted by atomic mass is 10.0. The smallest absolute Gasteiger partial charge is 0.231 e. The Balaban J connectivity index is 1.44. The summed E-state index contributed by atoms with van der Waals surface area (Å²) in [7, 11) is 3.15. The molecule has 2 aliphatic heterocycles. The molecule has 0 bridgehead atoms. The van der Waals surface area contributed by atoms with Gasteiger partial charge in [-0.1, -0.05) is 42.0 Å². The standard InChI is InChI=1S/C27H25NO5/c1-17-7-9-18(10-8-17)14-28-15-21-22(32-16-28)12-11-20-25(29)24(33-27(20)21)13-19-5-4-6-23(30-2)26(19)31-3/h4-13H,14-16H2,1-3H3/b24-13-. The first-order chi connectivity index (χ1) is 16.1. The molecule has 6 nitrogen and oxygen atoms in total. The topological polar surface area (TPSA) is 57.2 Å². The van der Waals surface area contributed by atoms with Gasteiger partial charge in [-0.15, -0.1) is 0 Å². The lowest BCUT2D eigenvalue weighted by Crippen LogP contribution is -2.31. The molecule has 0 amide bonds. The molecule has 0 aliphatic carbocycles. The highest BCUT2D eigenvalue weighted by Crippen LogP contribution is 2.43. The first kappa shape index (κ1) is 21.1. The average molecular weight is 443 g/mol. The second kappa shape index (κ2) is 8.64. The number of hydrogen-bond donors (Lipinski definition) is 0. The van der Waals surface area contributed by atoms with Gasteiger partial charge in [0.15, 0.2) is 17.3 Å². The number of carbonyl (C=O) groups excluding carboxylic acids is 1. The number of allylic oxidation sites excluding steroid dienone is 1. The van der Waals surface area contributed by atoms with Crippen LogP contribution in [-0.4, -0.2) is 31.6 Å². The Labute approximate surface area is 193 Å². The highest BCUT2D eigenvalue weighted by molar-refractivity contribution is 6.15. The lowest BCUT2D eigenvalue weighted by Gasteiger charge is -2.29. The van der Waals surface area contributed by atoms with Crippen LogP contribution >= 0.6 is 0 Å². The number of carbonyl (C=O) groups is 1. The zero-order chi connectivity index (χ0) is 22.9. The van der Waals surface area contributed by atoms with Crippen LogP contribution in [0, 0.1) is 6.92 Å². The Kier molecular flexibility index (Phi) is 5.52. The minimum atomic E-state index is -0.159. The van der Waals surface area contributed by atoms with Gasteiger partial charge in [0.05, 0.1) is 25.3 Å². The molecule has 2 heterocycles. The third kappa shape index (κ3) is 3.94. The Morgan fingerprint density at radius 3 is 2.61 bits per heavy atom. The molecule has 33 heavy (non-hydrogen) atoms. The molecular weight excluding hydrogens is 418 g/mol. The van der Waals surface area contributed by atoms with E-state index in [9.17, 15) is 4.79 Å². The van der Waals surface area contributed by atoms with Crippen molar-refractivity contribution in [2.45, 2.75) is 20.0 Å². The Hall–Kier alpha value is -3.77. The summed E-state index contributed by atoms with van der Waals surface area (Å²) >= 11 is 0. The number of para-hydroxylation sites is 1. The van der Waals surface area contributed by atoms with Gasteiger partial charge < -0.3 is 18.9 Å². The van der Waals surface area contributed by atoms with Crippen molar-refractivity contribution in [1.29, 1.82) is 0 Å². The third-order valence-electron chi connectivity index (χ3n) is 5.93. The summed E-state index contributed by atoms with van der Waals surface area (Å²) in [6.07, 6.45) is 1.70. The van der Waals surface area contributed by atoms with E-state index < -0.39 is 0 Å². The van der Waals surface area contributed by atoms with Crippen LogP contribution in [0.3, 0.4) is 0 Å². The van der Waals surface area contributed by atoms with Gasteiger partial charge in [0.25, 0.3) is 0 Å². The molecule has 0 spiro atoms. The number of aryl methyl sites for hydroxylation is 1. The van der Waals surface area contributed by atoms with Crippen molar-refractivity contribution in [2.75, 3.05) is 21.0 Å². The first-order valence-corrected chi connectivity index (χ1v) is 10.8. The van der Waals surface area contributed by atoms with Gasteiger partial charge in [0, 0.05) is 18.7 Å². The molecule has 0 unspecified atom stereocenters. The number of rotatable bonds is 5. The van der Waals surface area contributed by atoms with Crippen molar-refractivity contribution in [3.63, 3.8) is 0 Å². The molecule has 2 aliphatic rings. The van der Waals surface area contributed by atoms with E-state index in [2.05, 4.69) is 36.1 Å². The number of ether oxygens (including phenoxy) is 4. The van der Waals surface area contributed by atoms with Crippen LogP contribution in [0.2, 0.25) is 0 Å². The quantitative estimate of drug-likeness (QED) is 0.519. The SMILES string of the molecule is COc1cccc(/C=C2\Oc3c(ccc4c3CN(Cc3ccc(C)cc3)CO4)C2=O)c1OC. The number of benzene rings is 3. The molecular formula is C27H25NO5. The second-order valence-corrected chi connectivity index (χ2v) is 8.19. The van der Waals surface area contributed by atoms with Crippen LogP contribution in [0.1, 0.15) is 32.6 Å². The van der Waals surface area contributed by atoms with Crippen LogP contribution in [0.15, 0.2) is 60.4 Å². The molecule has 168 valence electrons. The van der Waals surface area contributed by atoms with Crippen LogP contribution in [0.25, 0.3) is 6.08 Å². The molecule has 0 saturated carbocycles. The fourth-order valence-corrected chi connectivity index (χ4v) is 4.22. The van der Waals surface area contributed by atoms with Crippen LogP contribution < -0.4 is 18.9 Å². The first-order valence-electron chi connectivity index (χ1n) is 10.8. The van der Waals surface area contributed by atoms with Crippen LogP contribution in [0.5, 0.6) is 23.0 Å². The van der Waals surface area contributed by atoms with Crippen LogP contribution in [-0.2, 0) is 13.1 Å². The summed E-state index contributed by atoms with van der Waals surface area (Å²) in [5, 5.41) is 0. The summed E-state index contributed by atoms with van der Waals surface area (Å²) < 4.78 is 23.0. The summed E-state index contributed by atoms with van der Waals surface area (Å²) in [5.74, 6) is 2.55. The minimum Gasteiger partial charge on any atom is -0.493 e. The summed E-state index contributed by atoms with van der Waals surface area (Å²) in [4.78, 5) is 15.3. The lowest BCUT2D eigenvalue weighted by molar-refractivity contribution is 0.0873. The Morgan fingerprint density at radius 1 is 1.03 bits per heavy atom. The Morgan fingerprint density at radius 2 is 1.85 bits per heavy atom. The summed E-state index contributed by atoms with van der Waals surface area (Å²) in [6, 6.07) is 17.6. The summed E-state index contributed by atoms with van der Waals surface area (Å²) in [5.41, 5.74) is 4.58. The molecule has 3 aromatic carbocycles. The van der Waals surface area contributed by atoms with E-state index in [4.69, 9.17) is 18.9 Å². The van der Waals surface area contributed by atoms with E-state index in [-0.39, 0.29) is 11.5 Å². The number of ketones is 1. The molecule has 0 N–H and O–H groups in total. The van der Waals surface area contributed by atoms with Gasteiger partial charge in [-0.05, 0) is 36.8 Å². The maximum Gasteiger partial charge on any atom is 0.231 e. The molecule has 5 rings (SSSR count). The van der Waals surface area contributed by atoms with Crippen LogP contribution in [0.4, 0.5) is 0 Å². The number of Topliss-reactive ketones (excluding diaryl/α,β-unsaturated/α-hetero) is 1. The van der Waals surface area contributed by atoms with E-state index in [1.807, 2.05) is 24.3 Å². The zero-order valence-corrected chi connectivity index (χ0v) is 18.9. The number of nitrogens with zero attached hydrogens (tertiary/aromatic N) is 1. The molecule has 6 heteroatoms. The van der Waals surface area contributed by atoms with Gasteiger partial charge in [-0.2, -0.15) is 0 Å². The Bertz CT molecular complexity index is 1250. The third-order valence-corrected chi connectivity index (χ3v) is 5.93. The molecule has 0 fully saturated rings. The predicted octanol–water partition coefficient (Wildman–Crippen LogP) is 4.98. The van der Waals surface area contributed by atoms with Gasteiger partial charge in [-0.25, -0.2) is 0 Å². The molecule has 3 aromatic rings. The van der Waals surface area contributed by atoms with Crippen molar-refractivity contribution in [3.8, 4) is 23.0 Å². The van der Waals surface area contributed by atoms with Gasteiger partial charge >= 0.3 is 0 Å². The predicted molar refractivity (Wildman–Crippen MR) is 125 cm³/mol. The van der Waals surface area contributed by atoms with Crippen molar-refractivity contribution >= 4 is 11.9 Å². The molecule has 0 aromatic heterocycles. The largest absolute Gasteiger partial charge is 0.493 e. The zero-order valence-electron chi connectivity index (χ0n) is 18.9. The fourth-order valence-electron chi connectivity index (χ4n) is 4.22. The van der Waals surface area contributed by atoms with Crippen molar-refractivity contribution < 1.29 is 23.7 Å². The van der Waals surface area contributed by atoms with E-state index in [1.54, 1.807) is 26.4 Å². The number of methoxy groups -OCH3 is 2.